The van der Waals surface area contributed by atoms with Crippen molar-refractivity contribution in [1.29, 1.82) is 0 Å². The summed E-state index contributed by atoms with van der Waals surface area (Å²) in [7, 11) is 1.54. The standard InChI is InChI=1S/C44H57N9O7/c1-24(2)17-34-42(57)51-35(19-29-13-15-31(60-8)16-14-29)41(56)47-27(6)40(55)52-38(25(3)4)22-53(44(59)37-18-26(5)46-28(7)48-37)23-39(54)49-36(43(58)50-34)20-30-21-45-33-12-10-9-11-32(30)33/h9-16,18,21,24-25,27,34-36,38,45H,17,19-20,22-23H2,1-8H3,(H,47,56)(H,49,54)(H,50,58)(H,51,57)(H,52,55)/t27-,34+,35+,36-,38-/m1/s1. The molecule has 0 radical (unpaired) electrons. The summed E-state index contributed by atoms with van der Waals surface area (Å²) in [6.45, 7) is 11.8. The third-order valence-corrected chi connectivity index (χ3v) is 10.4. The molecule has 1 saturated heterocycles. The van der Waals surface area contributed by atoms with E-state index in [0.29, 0.717) is 22.8 Å². The number of nitrogens with zero attached hydrogens (tertiary/aromatic N) is 3. The number of fused-ring (bicyclic) bond motifs is 1. The molecule has 1 aliphatic rings. The van der Waals surface area contributed by atoms with Gasteiger partial charge in [0.05, 0.1) is 13.7 Å². The van der Waals surface area contributed by atoms with E-state index in [0.717, 1.165) is 16.5 Å². The van der Waals surface area contributed by atoms with Crippen LogP contribution in [0.15, 0.2) is 60.8 Å². The Morgan fingerprint density at radius 1 is 0.800 bits per heavy atom. The molecule has 3 heterocycles. The molecule has 16 heteroatoms. The molecule has 0 spiro atoms. The van der Waals surface area contributed by atoms with Crippen LogP contribution in [-0.4, -0.2) is 106 Å². The van der Waals surface area contributed by atoms with E-state index in [2.05, 4.69) is 41.5 Å². The normalized spacial score (nSPS) is 21.4. The van der Waals surface area contributed by atoms with Gasteiger partial charge in [-0.05, 0) is 74.4 Å². The highest BCUT2D eigenvalue weighted by Crippen LogP contribution is 2.20. The van der Waals surface area contributed by atoms with Crippen LogP contribution in [0.5, 0.6) is 5.75 Å². The van der Waals surface area contributed by atoms with Crippen molar-refractivity contribution in [2.45, 2.75) is 97.9 Å². The lowest BCUT2D eigenvalue weighted by Crippen LogP contribution is -2.60. The Morgan fingerprint density at radius 3 is 2.12 bits per heavy atom. The molecule has 60 heavy (non-hydrogen) atoms. The van der Waals surface area contributed by atoms with Crippen molar-refractivity contribution in [3.8, 4) is 5.75 Å². The third-order valence-electron chi connectivity index (χ3n) is 10.4. The first-order valence-electron chi connectivity index (χ1n) is 20.3. The second-order valence-corrected chi connectivity index (χ2v) is 16.2. The number of aromatic nitrogens is 3. The van der Waals surface area contributed by atoms with Gasteiger partial charge in [-0.25, -0.2) is 9.97 Å². The summed E-state index contributed by atoms with van der Waals surface area (Å²) >= 11 is 0. The number of nitrogens with one attached hydrogen (secondary N) is 6. The summed E-state index contributed by atoms with van der Waals surface area (Å²) in [4.78, 5) is 98.0. The van der Waals surface area contributed by atoms with Crippen molar-refractivity contribution >= 4 is 46.3 Å². The van der Waals surface area contributed by atoms with Crippen LogP contribution in [0.1, 0.15) is 74.2 Å². The number of benzene rings is 2. The van der Waals surface area contributed by atoms with Crippen molar-refractivity contribution in [3.63, 3.8) is 0 Å². The highest BCUT2D eigenvalue weighted by atomic mass is 16.5. The molecule has 2 aromatic carbocycles. The quantitative estimate of drug-likeness (QED) is 0.146. The Balaban J connectivity index is 1.56. The summed E-state index contributed by atoms with van der Waals surface area (Å²) in [5.41, 5.74) is 2.89. The molecule has 2 aromatic heterocycles. The number of aromatic amines is 1. The van der Waals surface area contributed by atoms with Crippen molar-refractivity contribution in [1.82, 2.24) is 46.4 Å². The average molecular weight is 824 g/mol. The van der Waals surface area contributed by atoms with E-state index in [4.69, 9.17) is 4.74 Å². The lowest BCUT2D eigenvalue weighted by Gasteiger charge is -2.32. The smallest absolute Gasteiger partial charge is 0.273 e. The number of rotatable bonds is 9. The maximum Gasteiger partial charge on any atom is 0.273 e. The van der Waals surface area contributed by atoms with Gasteiger partial charge >= 0.3 is 0 Å². The molecule has 0 bridgehead atoms. The lowest BCUT2D eigenvalue weighted by molar-refractivity contribution is -0.135. The zero-order chi connectivity index (χ0) is 43.7. The number of methoxy groups -OCH3 is 1. The average Bonchev–Trinajstić information content (AvgIpc) is 3.60. The number of amides is 6. The van der Waals surface area contributed by atoms with Gasteiger partial charge < -0.3 is 41.2 Å². The highest BCUT2D eigenvalue weighted by Gasteiger charge is 2.34. The van der Waals surface area contributed by atoms with Gasteiger partial charge in [0.15, 0.2) is 0 Å². The number of hydrogen-bond donors (Lipinski definition) is 6. The van der Waals surface area contributed by atoms with E-state index >= 15 is 0 Å². The predicted octanol–water partition coefficient (Wildman–Crippen LogP) is 2.67. The van der Waals surface area contributed by atoms with E-state index in [1.54, 1.807) is 51.4 Å². The summed E-state index contributed by atoms with van der Waals surface area (Å²) in [5.74, 6) is -2.97. The molecule has 1 aliphatic heterocycles. The fourth-order valence-corrected chi connectivity index (χ4v) is 7.15. The van der Waals surface area contributed by atoms with Crippen molar-refractivity contribution < 1.29 is 33.5 Å². The summed E-state index contributed by atoms with van der Waals surface area (Å²) in [6.07, 6.45) is 2.08. The molecule has 4 aromatic rings. The topological polar surface area (TPSA) is 217 Å². The van der Waals surface area contributed by atoms with Gasteiger partial charge in [0.1, 0.15) is 41.4 Å². The molecule has 320 valence electrons. The zero-order valence-electron chi connectivity index (χ0n) is 35.5. The molecule has 0 saturated carbocycles. The second kappa shape index (κ2) is 20.1. The minimum Gasteiger partial charge on any atom is -0.497 e. The summed E-state index contributed by atoms with van der Waals surface area (Å²) in [6, 6.07) is 10.9. The van der Waals surface area contributed by atoms with E-state index in [1.807, 2.05) is 52.0 Å². The van der Waals surface area contributed by atoms with Crippen LogP contribution >= 0.6 is 0 Å². The Morgan fingerprint density at radius 2 is 1.45 bits per heavy atom. The summed E-state index contributed by atoms with van der Waals surface area (Å²) < 4.78 is 5.29. The zero-order valence-corrected chi connectivity index (χ0v) is 35.5. The summed E-state index contributed by atoms with van der Waals surface area (Å²) in [5, 5.41) is 15.1. The Kier molecular flexibility index (Phi) is 15.0. The van der Waals surface area contributed by atoms with Gasteiger partial charge in [-0.3, -0.25) is 28.8 Å². The molecular weight excluding hydrogens is 767 g/mol. The van der Waals surface area contributed by atoms with E-state index in [-0.39, 0.29) is 43.3 Å². The van der Waals surface area contributed by atoms with Gasteiger partial charge in [0.25, 0.3) is 5.91 Å². The maximum absolute atomic E-state index is 14.4. The number of para-hydroxylation sites is 1. The minimum atomic E-state index is -1.20. The fourth-order valence-electron chi connectivity index (χ4n) is 7.15. The Bertz CT molecular complexity index is 2170. The first kappa shape index (κ1) is 44.8. The number of H-pyrrole nitrogens is 1. The van der Waals surface area contributed by atoms with Gasteiger partial charge in [0, 0.05) is 48.2 Å². The molecule has 6 amide bonds. The number of aryl methyl sites for hydroxylation is 2. The largest absolute Gasteiger partial charge is 0.497 e. The van der Waals surface area contributed by atoms with Crippen LogP contribution in [0.3, 0.4) is 0 Å². The van der Waals surface area contributed by atoms with Crippen LogP contribution in [-0.2, 0) is 36.8 Å². The minimum absolute atomic E-state index is 0.0426. The van der Waals surface area contributed by atoms with E-state index in [9.17, 15) is 28.8 Å². The van der Waals surface area contributed by atoms with Crippen molar-refractivity contribution in [3.05, 3.63) is 89.1 Å². The van der Waals surface area contributed by atoms with Gasteiger partial charge in [-0.2, -0.15) is 0 Å². The predicted molar refractivity (Wildman–Crippen MR) is 226 cm³/mol. The van der Waals surface area contributed by atoms with Gasteiger partial charge in [-0.15, -0.1) is 0 Å². The molecule has 5 atom stereocenters. The molecule has 1 fully saturated rings. The van der Waals surface area contributed by atoms with Crippen molar-refractivity contribution in [2.75, 3.05) is 20.2 Å². The Hall–Kier alpha value is -6.32. The van der Waals surface area contributed by atoms with E-state index in [1.165, 1.54) is 17.9 Å². The molecule has 0 unspecified atom stereocenters. The lowest BCUT2D eigenvalue weighted by atomic mass is 9.99. The van der Waals surface area contributed by atoms with Crippen LogP contribution in [0.4, 0.5) is 0 Å². The molecular formula is C44H57N9O7. The molecule has 6 N–H and O–H groups in total. The van der Waals surface area contributed by atoms with Crippen LogP contribution in [0.2, 0.25) is 0 Å². The maximum atomic E-state index is 14.4. The second-order valence-electron chi connectivity index (χ2n) is 16.2. The monoisotopic (exact) mass is 823 g/mol. The van der Waals surface area contributed by atoms with Gasteiger partial charge in [-0.1, -0.05) is 58.0 Å². The Labute approximate surface area is 350 Å². The highest BCUT2D eigenvalue weighted by molar-refractivity contribution is 5.98. The molecule has 16 nitrogen and oxygen atoms in total. The molecule has 0 aliphatic carbocycles. The first-order chi connectivity index (χ1) is 28.5. The number of carbonyl (C=O) groups excluding carboxylic acids is 6. The number of hydrogen-bond acceptors (Lipinski definition) is 9. The number of carbonyl (C=O) groups is 6. The van der Waals surface area contributed by atoms with Crippen LogP contribution in [0.25, 0.3) is 10.9 Å². The van der Waals surface area contributed by atoms with Crippen LogP contribution < -0.4 is 31.3 Å². The van der Waals surface area contributed by atoms with E-state index < -0.39 is 72.2 Å². The third kappa shape index (κ3) is 11.9. The SMILES string of the molecule is COc1ccc(C[C@@H]2NC(=O)[C@H](CC(C)C)NC(=O)[C@@H](Cc3c[nH]c4ccccc34)NC(=O)CN(C(=O)c3cc(C)nc(C)n3)C[C@H](C(C)C)NC(=O)[C@@H](C)NC2=O)cc1. The van der Waals surface area contributed by atoms with Gasteiger partial charge in [0.2, 0.25) is 29.5 Å². The molecule has 5 rings (SSSR count). The first-order valence-corrected chi connectivity index (χ1v) is 20.3. The van der Waals surface area contributed by atoms with Crippen LogP contribution in [0, 0.1) is 25.7 Å². The number of ether oxygens (including phenoxy) is 1. The van der Waals surface area contributed by atoms with Crippen molar-refractivity contribution in [2.24, 2.45) is 11.8 Å². The fraction of sp³-hybridized carbons (Fsp3) is 0.455.